The summed E-state index contributed by atoms with van der Waals surface area (Å²) in [4.78, 5) is 10.3. The molecule has 0 saturated carbocycles. The van der Waals surface area contributed by atoms with E-state index in [-0.39, 0.29) is 11.4 Å². The average Bonchev–Trinajstić information content (AvgIpc) is 2.92. The van der Waals surface area contributed by atoms with Gasteiger partial charge < -0.3 is 9.15 Å². The van der Waals surface area contributed by atoms with Crippen LogP contribution in [0.1, 0.15) is 5.76 Å². The Morgan fingerprint density at radius 3 is 2.50 bits per heavy atom. The summed E-state index contributed by atoms with van der Waals surface area (Å²) in [6, 6.07) is 13.3. The van der Waals surface area contributed by atoms with Gasteiger partial charge >= 0.3 is 0 Å². The van der Waals surface area contributed by atoms with Crippen molar-refractivity contribution in [1.29, 1.82) is 5.26 Å². The van der Waals surface area contributed by atoms with Crippen molar-refractivity contribution in [3.05, 3.63) is 58.3 Å². The zero-order valence-corrected chi connectivity index (χ0v) is 11.6. The first-order chi connectivity index (χ1) is 10.6. The molecule has 6 heteroatoms. The second-order valence-corrected chi connectivity index (χ2v) is 4.59. The van der Waals surface area contributed by atoms with Gasteiger partial charge in [0.15, 0.2) is 0 Å². The van der Waals surface area contributed by atoms with Gasteiger partial charge in [-0.05, 0) is 30.3 Å². The highest BCUT2D eigenvalue weighted by molar-refractivity contribution is 5.98. The molecule has 0 amide bonds. The van der Waals surface area contributed by atoms with Crippen LogP contribution in [0.25, 0.3) is 22.1 Å². The summed E-state index contributed by atoms with van der Waals surface area (Å²) in [6.45, 7) is 0. The van der Waals surface area contributed by atoms with Crippen molar-refractivity contribution >= 4 is 16.5 Å². The molecule has 0 N–H and O–H groups in total. The SMILES string of the molecule is COc1ccc2c(C#N)oc(-c3ccc([N+](=O)[O-])cc3)c2c1. The molecule has 1 heterocycles. The molecule has 22 heavy (non-hydrogen) atoms. The summed E-state index contributed by atoms with van der Waals surface area (Å²) >= 11 is 0. The number of ether oxygens (including phenoxy) is 1. The fourth-order valence-electron chi connectivity index (χ4n) is 2.28. The minimum Gasteiger partial charge on any atom is -0.497 e. The number of benzene rings is 2. The van der Waals surface area contributed by atoms with E-state index in [1.165, 1.54) is 12.1 Å². The third-order valence-electron chi connectivity index (χ3n) is 3.36. The zero-order valence-electron chi connectivity index (χ0n) is 11.6. The van der Waals surface area contributed by atoms with Gasteiger partial charge in [-0.3, -0.25) is 10.1 Å². The van der Waals surface area contributed by atoms with E-state index in [9.17, 15) is 15.4 Å². The van der Waals surface area contributed by atoms with E-state index in [0.29, 0.717) is 22.5 Å². The van der Waals surface area contributed by atoms with Crippen molar-refractivity contribution in [1.82, 2.24) is 0 Å². The summed E-state index contributed by atoms with van der Waals surface area (Å²) in [5.74, 6) is 1.33. The Hall–Kier alpha value is -3.33. The monoisotopic (exact) mass is 294 g/mol. The number of nitro groups is 1. The maximum atomic E-state index is 10.7. The van der Waals surface area contributed by atoms with Crippen LogP contribution in [0.5, 0.6) is 5.75 Å². The molecule has 6 nitrogen and oxygen atoms in total. The molecule has 0 aliphatic carbocycles. The zero-order chi connectivity index (χ0) is 15.7. The lowest BCUT2D eigenvalue weighted by Gasteiger charge is -2.01. The number of nitriles is 1. The fourth-order valence-corrected chi connectivity index (χ4v) is 2.28. The maximum absolute atomic E-state index is 10.7. The Morgan fingerprint density at radius 1 is 1.18 bits per heavy atom. The molecule has 0 fully saturated rings. The van der Waals surface area contributed by atoms with Crippen LogP contribution in [0, 0.1) is 21.4 Å². The predicted octanol–water partition coefficient (Wildman–Crippen LogP) is 3.89. The summed E-state index contributed by atoms with van der Waals surface area (Å²) in [7, 11) is 1.55. The maximum Gasteiger partial charge on any atom is 0.269 e. The fraction of sp³-hybridized carbons (Fsp3) is 0.0625. The number of rotatable bonds is 3. The lowest BCUT2D eigenvalue weighted by atomic mass is 10.1. The van der Waals surface area contributed by atoms with E-state index in [1.807, 2.05) is 6.07 Å². The molecule has 0 radical (unpaired) electrons. The lowest BCUT2D eigenvalue weighted by molar-refractivity contribution is -0.384. The Kier molecular flexibility index (Phi) is 3.24. The van der Waals surface area contributed by atoms with E-state index < -0.39 is 4.92 Å². The smallest absolute Gasteiger partial charge is 0.269 e. The van der Waals surface area contributed by atoms with Gasteiger partial charge in [0.05, 0.1) is 12.0 Å². The topological polar surface area (TPSA) is 89.3 Å². The normalized spacial score (nSPS) is 10.4. The number of fused-ring (bicyclic) bond motifs is 1. The second kappa shape index (κ2) is 5.22. The van der Waals surface area contributed by atoms with Crippen LogP contribution in [0.3, 0.4) is 0 Å². The molecule has 108 valence electrons. The molecule has 0 spiro atoms. The van der Waals surface area contributed by atoms with Crippen LogP contribution in [0.4, 0.5) is 5.69 Å². The van der Waals surface area contributed by atoms with Crippen LogP contribution < -0.4 is 4.74 Å². The van der Waals surface area contributed by atoms with Gasteiger partial charge in [-0.25, -0.2) is 0 Å². The molecule has 2 aromatic carbocycles. The van der Waals surface area contributed by atoms with Crippen molar-refractivity contribution in [3.8, 4) is 23.1 Å². The first-order valence-electron chi connectivity index (χ1n) is 6.39. The van der Waals surface area contributed by atoms with E-state index in [0.717, 1.165) is 5.39 Å². The number of furan rings is 1. The number of non-ortho nitro benzene ring substituents is 1. The van der Waals surface area contributed by atoms with Gasteiger partial charge in [0.25, 0.3) is 5.69 Å². The molecule has 3 aromatic rings. The van der Waals surface area contributed by atoms with Gasteiger partial charge in [0.2, 0.25) is 5.76 Å². The van der Waals surface area contributed by atoms with Crippen molar-refractivity contribution in [2.24, 2.45) is 0 Å². The van der Waals surface area contributed by atoms with Crippen LogP contribution in [-0.2, 0) is 0 Å². The van der Waals surface area contributed by atoms with E-state index in [4.69, 9.17) is 9.15 Å². The minimum absolute atomic E-state index is 0.00213. The number of hydrogen-bond acceptors (Lipinski definition) is 5. The van der Waals surface area contributed by atoms with Gasteiger partial charge in [0.1, 0.15) is 17.6 Å². The molecule has 0 saturated heterocycles. The molecule has 0 aliphatic heterocycles. The van der Waals surface area contributed by atoms with Crippen LogP contribution in [-0.4, -0.2) is 12.0 Å². The molecule has 1 aromatic heterocycles. The molecule has 0 aliphatic rings. The lowest BCUT2D eigenvalue weighted by Crippen LogP contribution is -1.87. The molecule has 0 unspecified atom stereocenters. The standard InChI is InChI=1S/C16H10N2O4/c1-21-12-6-7-13-14(8-12)16(22-15(13)9-17)10-2-4-11(5-3-10)18(19)20/h2-8H,1H3. The van der Waals surface area contributed by atoms with E-state index in [2.05, 4.69) is 0 Å². The van der Waals surface area contributed by atoms with Crippen molar-refractivity contribution in [2.75, 3.05) is 7.11 Å². The number of nitro benzene ring substituents is 1. The Bertz CT molecular complexity index is 904. The quantitative estimate of drug-likeness (QED) is 0.540. The Morgan fingerprint density at radius 2 is 1.91 bits per heavy atom. The second-order valence-electron chi connectivity index (χ2n) is 4.59. The number of nitrogens with zero attached hydrogens (tertiary/aromatic N) is 2. The van der Waals surface area contributed by atoms with Crippen LogP contribution in [0.2, 0.25) is 0 Å². The summed E-state index contributed by atoms with van der Waals surface area (Å²) in [6.07, 6.45) is 0. The molecular formula is C16H10N2O4. The number of hydrogen-bond donors (Lipinski definition) is 0. The third kappa shape index (κ3) is 2.15. The Labute approximate surface area is 125 Å². The third-order valence-corrected chi connectivity index (χ3v) is 3.36. The van der Waals surface area contributed by atoms with Gasteiger partial charge in [0, 0.05) is 28.5 Å². The highest BCUT2D eigenvalue weighted by Gasteiger charge is 2.16. The van der Waals surface area contributed by atoms with Crippen LogP contribution in [0.15, 0.2) is 46.9 Å². The van der Waals surface area contributed by atoms with Gasteiger partial charge in [-0.15, -0.1) is 0 Å². The average molecular weight is 294 g/mol. The Balaban J connectivity index is 2.21. The summed E-state index contributed by atoms with van der Waals surface area (Å²) < 4.78 is 10.8. The van der Waals surface area contributed by atoms with Crippen LogP contribution >= 0.6 is 0 Å². The van der Waals surface area contributed by atoms with Gasteiger partial charge in [-0.1, -0.05) is 0 Å². The molecular weight excluding hydrogens is 284 g/mol. The van der Waals surface area contributed by atoms with Crippen molar-refractivity contribution in [3.63, 3.8) is 0 Å². The highest BCUT2D eigenvalue weighted by Crippen LogP contribution is 2.36. The summed E-state index contributed by atoms with van der Waals surface area (Å²) in [5.41, 5.74) is 0.656. The highest BCUT2D eigenvalue weighted by atomic mass is 16.6. The van der Waals surface area contributed by atoms with E-state index >= 15 is 0 Å². The predicted molar refractivity (Wildman–Crippen MR) is 79.6 cm³/mol. The first kappa shape index (κ1) is 13.6. The van der Waals surface area contributed by atoms with Crippen molar-refractivity contribution < 1.29 is 14.1 Å². The largest absolute Gasteiger partial charge is 0.497 e. The summed E-state index contributed by atoms with van der Waals surface area (Å²) in [5, 5.41) is 21.3. The first-order valence-corrected chi connectivity index (χ1v) is 6.39. The minimum atomic E-state index is -0.465. The van der Waals surface area contributed by atoms with Crippen molar-refractivity contribution in [2.45, 2.75) is 0 Å². The molecule has 0 bridgehead atoms. The number of methoxy groups -OCH3 is 1. The molecule has 3 rings (SSSR count). The van der Waals surface area contributed by atoms with Gasteiger partial charge in [-0.2, -0.15) is 5.26 Å². The molecule has 0 atom stereocenters. The van der Waals surface area contributed by atoms with E-state index in [1.54, 1.807) is 37.4 Å².